The number of phenols is 2. The number of aromatic hydroxyl groups is 2. The van der Waals surface area contributed by atoms with Crippen molar-refractivity contribution >= 4 is 27.7 Å². The van der Waals surface area contributed by atoms with E-state index in [1.165, 1.54) is 0 Å². The molecule has 0 heterocycles. The van der Waals surface area contributed by atoms with E-state index in [0.717, 1.165) is 30.5 Å². The van der Waals surface area contributed by atoms with E-state index in [4.69, 9.17) is 9.90 Å². The second kappa shape index (κ2) is 10.7. The molecule has 126 valence electrons. The average molecular weight is 367 g/mol. The van der Waals surface area contributed by atoms with Crippen LogP contribution in [0, 0.1) is 0 Å². The molecule has 0 aliphatic rings. The molecule has 0 spiro atoms. The minimum atomic E-state index is -3.84. The normalized spacial score (nSPS) is 9.38. The van der Waals surface area contributed by atoms with Gasteiger partial charge in [0.1, 0.15) is 5.69 Å². The van der Waals surface area contributed by atoms with Crippen molar-refractivity contribution in [3.8, 4) is 17.2 Å². The van der Waals surface area contributed by atoms with Crippen LogP contribution in [0.15, 0.2) is 37.4 Å². The second-order valence-corrected chi connectivity index (χ2v) is 5.39. The Kier molecular flexibility index (Phi) is 10.8. The number of amides is 1. The molecule has 0 radical (unpaired) electrons. The predicted molar refractivity (Wildman–Crippen MR) is 79.3 cm³/mol. The summed E-state index contributed by atoms with van der Waals surface area (Å²) in [6.07, 6.45) is 2.43. The molecular weight excluding hydrogens is 353 g/mol. The molecule has 0 fully saturated rings. The van der Waals surface area contributed by atoms with Gasteiger partial charge in [-0.2, -0.15) is 8.42 Å². The molecule has 0 aliphatic heterocycles. The topological polar surface area (TPSA) is 153 Å². The molecule has 0 aromatic heterocycles. The predicted octanol–water partition coefficient (Wildman–Crippen LogP) is -3.51. The summed E-state index contributed by atoms with van der Waals surface area (Å²) in [6.45, 7) is 6.10. The minimum absolute atomic E-state index is 0. The molecule has 0 saturated carbocycles. The number of carboxylic acids is 1. The molecule has 11 heteroatoms. The zero-order valence-corrected chi connectivity index (χ0v) is 15.8. The number of carbonyl (C=O) groups is 2. The van der Waals surface area contributed by atoms with Gasteiger partial charge >= 0.3 is 39.7 Å². The van der Waals surface area contributed by atoms with E-state index < -0.39 is 33.5 Å². The summed E-state index contributed by atoms with van der Waals surface area (Å²) in [6, 6.07) is 2.12. The van der Waals surface area contributed by atoms with Crippen molar-refractivity contribution in [2.75, 3.05) is 11.6 Å². The quantitative estimate of drug-likeness (QED) is 0.210. The monoisotopic (exact) mass is 367 g/mol. The van der Waals surface area contributed by atoms with Gasteiger partial charge in [-0.3, -0.25) is 4.79 Å². The molecule has 24 heavy (non-hydrogen) atoms. The van der Waals surface area contributed by atoms with Crippen molar-refractivity contribution in [1.29, 1.82) is 0 Å². The van der Waals surface area contributed by atoms with Crippen LogP contribution >= 0.6 is 0 Å². The smallest absolute Gasteiger partial charge is 0.545 e. The van der Waals surface area contributed by atoms with Crippen LogP contribution in [-0.4, -0.2) is 36.8 Å². The molecule has 0 saturated heterocycles. The first kappa shape index (κ1) is 24.2. The van der Waals surface area contributed by atoms with E-state index in [1.807, 2.05) is 0 Å². The van der Waals surface area contributed by atoms with Crippen molar-refractivity contribution in [2.24, 2.45) is 0 Å². The maximum Gasteiger partial charge on any atom is 1.00 e. The van der Waals surface area contributed by atoms with Gasteiger partial charge in [0.2, 0.25) is 5.91 Å². The summed E-state index contributed by atoms with van der Waals surface area (Å²) in [4.78, 5) is 20.3. The fourth-order valence-corrected chi connectivity index (χ4v) is 1.55. The van der Waals surface area contributed by atoms with E-state index >= 15 is 0 Å². The largest absolute Gasteiger partial charge is 1.00 e. The van der Waals surface area contributed by atoms with Gasteiger partial charge in [0, 0.05) is 0 Å². The number of anilines is 1. The van der Waals surface area contributed by atoms with Gasteiger partial charge < -0.3 is 29.6 Å². The van der Waals surface area contributed by atoms with E-state index in [0.29, 0.717) is 0 Å². The third kappa shape index (κ3) is 9.20. The first-order valence-corrected chi connectivity index (χ1v) is 7.54. The second-order valence-electron chi connectivity index (χ2n) is 3.81. The third-order valence-electron chi connectivity index (χ3n) is 1.96. The molecule has 1 amide bonds. The number of carboxylic acid groups (broad SMARTS) is 1. The number of hydrogen-bond donors (Lipinski definition) is 3. The average Bonchev–Trinajstić information content (AvgIpc) is 2.45. The van der Waals surface area contributed by atoms with E-state index in [2.05, 4.69) is 22.7 Å². The van der Waals surface area contributed by atoms with E-state index in [1.54, 1.807) is 0 Å². The van der Waals surface area contributed by atoms with Gasteiger partial charge in [-0.15, -0.1) is 0 Å². The maximum atomic E-state index is 11.1. The van der Waals surface area contributed by atoms with E-state index in [-0.39, 0.29) is 41.0 Å². The molecule has 0 aliphatic carbocycles. The Labute approximate surface area is 160 Å². The van der Waals surface area contributed by atoms with Crippen molar-refractivity contribution in [2.45, 2.75) is 0 Å². The first-order valence-electron chi connectivity index (χ1n) is 5.73. The van der Waals surface area contributed by atoms with Crippen LogP contribution in [0.2, 0.25) is 0 Å². The minimum Gasteiger partial charge on any atom is -0.545 e. The van der Waals surface area contributed by atoms with Crippen LogP contribution in [0.25, 0.3) is 0 Å². The van der Waals surface area contributed by atoms with Gasteiger partial charge in [-0.25, -0.2) is 0 Å². The zero-order chi connectivity index (χ0) is 18.2. The Morgan fingerprint density at radius 3 is 2.12 bits per heavy atom. The molecule has 3 N–H and O–H groups in total. The molecular formula is C13H14NNaO8S. The summed E-state index contributed by atoms with van der Waals surface area (Å²) in [5.41, 5.74) is -0.356. The summed E-state index contributed by atoms with van der Waals surface area (Å²) in [7, 11) is -3.84. The molecule has 1 rings (SSSR count). The van der Waals surface area contributed by atoms with Crippen molar-refractivity contribution in [3.63, 3.8) is 0 Å². The van der Waals surface area contributed by atoms with Crippen LogP contribution in [0.4, 0.5) is 5.69 Å². The number of phenolic OH excluding ortho intramolecular Hbond substituents is 2. The van der Waals surface area contributed by atoms with Crippen molar-refractivity contribution in [1.82, 2.24) is 0 Å². The van der Waals surface area contributed by atoms with Gasteiger partial charge in [-0.1, -0.05) is 13.2 Å². The van der Waals surface area contributed by atoms with Crippen LogP contribution in [-0.2, 0) is 19.7 Å². The molecule has 9 nitrogen and oxygen atoms in total. The Morgan fingerprint density at radius 2 is 1.75 bits per heavy atom. The van der Waals surface area contributed by atoms with Gasteiger partial charge in [0.25, 0.3) is 0 Å². The fourth-order valence-electron chi connectivity index (χ4n) is 1.09. The number of rotatable bonds is 5. The number of carbonyl (C=O) groups excluding carboxylic acids is 2. The van der Waals surface area contributed by atoms with Crippen LogP contribution in [0.1, 0.15) is 0 Å². The number of hydrogen-bond acceptors (Lipinski definition) is 8. The molecule has 1 aromatic carbocycles. The number of nitrogens with one attached hydrogen (secondary N) is 1. The molecule has 0 atom stereocenters. The van der Waals surface area contributed by atoms with E-state index in [9.17, 15) is 23.4 Å². The van der Waals surface area contributed by atoms with Crippen LogP contribution < -0.4 is 44.2 Å². The molecule has 1 aromatic rings. The Morgan fingerprint density at radius 1 is 1.25 bits per heavy atom. The Bertz CT molecular complexity index is 730. The van der Waals surface area contributed by atoms with Crippen LogP contribution in [0.3, 0.4) is 0 Å². The third-order valence-corrected chi connectivity index (χ3v) is 2.44. The van der Waals surface area contributed by atoms with Crippen molar-refractivity contribution in [3.05, 3.63) is 37.4 Å². The zero-order valence-electron chi connectivity index (χ0n) is 13.0. The van der Waals surface area contributed by atoms with Crippen LogP contribution in [0.5, 0.6) is 17.2 Å². The van der Waals surface area contributed by atoms with Gasteiger partial charge in [0.05, 0.1) is 12.2 Å². The van der Waals surface area contributed by atoms with Crippen molar-refractivity contribution < 1.29 is 67.1 Å². The fraction of sp³-hybridized carbons (Fsp3) is 0.0769. The SMILES string of the molecule is C=CC(=O)Nc1c(OS(C)(=O)=O)ccc(O)c1O.C=CC(=O)[O-].[Na+]. The summed E-state index contributed by atoms with van der Waals surface area (Å²) in [5.74, 6) is -3.48. The molecule has 0 unspecified atom stereocenters. The summed E-state index contributed by atoms with van der Waals surface area (Å²) >= 11 is 0. The summed E-state index contributed by atoms with van der Waals surface area (Å²) < 4.78 is 26.6. The maximum absolute atomic E-state index is 11.1. The standard InChI is InChI=1S/C10H11NO6S.C3H4O2.Na/c1-3-8(13)11-9-7(17-18(2,15)16)5-4-6(12)10(9)14;1-2-3(4)5;/h3-5,12,14H,1H2,2H3,(H,11,13);2H,1H2,(H,4,5);/q;;+1/p-1. The Balaban J connectivity index is 0. The molecule has 0 bridgehead atoms. The number of benzene rings is 1. The van der Waals surface area contributed by atoms with Gasteiger partial charge in [-0.05, 0) is 24.3 Å². The summed E-state index contributed by atoms with van der Waals surface area (Å²) in [5, 5.41) is 30.1. The van der Waals surface area contributed by atoms with Gasteiger partial charge in [0.15, 0.2) is 17.2 Å². The first-order chi connectivity index (χ1) is 10.5. The number of aliphatic carboxylic acids is 1. The Hall–Kier alpha value is -2.01.